The summed E-state index contributed by atoms with van der Waals surface area (Å²) in [6.45, 7) is 6.04. The summed E-state index contributed by atoms with van der Waals surface area (Å²) in [5.74, 6) is 1.95. The van der Waals surface area contributed by atoms with Crippen LogP contribution in [0.25, 0.3) is 0 Å². The summed E-state index contributed by atoms with van der Waals surface area (Å²) in [6, 6.07) is 2.43. The van der Waals surface area contributed by atoms with Gasteiger partial charge in [-0.25, -0.2) is 0 Å². The van der Waals surface area contributed by atoms with Crippen molar-refractivity contribution in [1.29, 1.82) is 5.26 Å². The van der Waals surface area contributed by atoms with Crippen LogP contribution in [-0.2, 0) is 4.74 Å². The Morgan fingerprint density at radius 3 is 2.70 bits per heavy atom. The van der Waals surface area contributed by atoms with Crippen LogP contribution in [0.5, 0.6) is 0 Å². The largest absolute Gasteiger partial charge is 0.497 e. The standard InChI is InChI=1S/C17H28NOP/c1-4-6-14(16(5-2)19-3)9-7-13-8-10-15(12-18)17(20)11-13/h5,13,15,17H,2,4,6-11,20H2,1,3H3/b16-14+. The Bertz CT molecular complexity index is 383. The summed E-state index contributed by atoms with van der Waals surface area (Å²) < 4.78 is 5.42. The number of ether oxygens (including phenoxy) is 1. The third-order valence-corrected chi connectivity index (χ3v) is 5.07. The molecule has 0 aromatic heterocycles. The van der Waals surface area contributed by atoms with Crippen molar-refractivity contribution in [3.8, 4) is 6.07 Å². The molecule has 20 heavy (non-hydrogen) atoms. The summed E-state index contributed by atoms with van der Waals surface area (Å²) in [4.78, 5) is 0. The smallest absolute Gasteiger partial charge is 0.117 e. The number of hydrogen-bond donors (Lipinski definition) is 0. The molecule has 0 heterocycles. The number of nitriles is 1. The molecule has 3 heteroatoms. The predicted molar refractivity (Wildman–Crippen MR) is 88.3 cm³/mol. The van der Waals surface area contributed by atoms with Crippen LogP contribution in [0.1, 0.15) is 51.9 Å². The molecule has 4 unspecified atom stereocenters. The van der Waals surface area contributed by atoms with Gasteiger partial charge in [0.15, 0.2) is 0 Å². The van der Waals surface area contributed by atoms with Crippen LogP contribution in [0.3, 0.4) is 0 Å². The van der Waals surface area contributed by atoms with Crippen molar-refractivity contribution in [2.24, 2.45) is 11.8 Å². The van der Waals surface area contributed by atoms with E-state index in [1.54, 1.807) is 7.11 Å². The average Bonchev–Trinajstić information content (AvgIpc) is 2.46. The van der Waals surface area contributed by atoms with Crippen molar-refractivity contribution in [2.75, 3.05) is 7.11 Å². The topological polar surface area (TPSA) is 33.0 Å². The van der Waals surface area contributed by atoms with Gasteiger partial charge in [-0.3, -0.25) is 0 Å². The first-order valence-corrected chi connectivity index (χ1v) is 8.36. The van der Waals surface area contributed by atoms with E-state index in [9.17, 15) is 0 Å². The fraction of sp³-hybridized carbons (Fsp3) is 0.706. The van der Waals surface area contributed by atoms with E-state index in [-0.39, 0.29) is 5.92 Å². The van der Waals surface area contributed by atoms with Gasteiger partial charge in [-0.2, -0.15) is 5.26 Å². The van der Waals surface area contributed by atoms with E-state index in [0.29, 0.717) is 5.66 Å². The van der Waals surface area contributed by atoms with Crippen molar-refractivity contribution in [3.05, 3.63) is 24.0 Å². The highest BCUT2D eigenvalue weighted by Gasteiger charge is 2.27. The molecule has 1 aliphatic carbocycles. The van der Waals surface area contributed by atoms with E-state index in [1.165, 1.54) is 24.8 Å². The molecule has 2 nitrogen and oxygen atoms in total. The van der Waals surface area contributed by atoms with Gasteiger partial charge in [0.05, 0.1) is 19.1 Å². The quantitative estimate of drug-likeness (QED) is 0.382. The Balaban J connectivity index is 2.55. The van der Waals surface area contributed by atoms with Gasteiger partial charge in [-0.05, 0) is 61.8 Å². The minimum atomic E-state index is 0.240. The molecule has 4 atom stereocenters. The second-order valence-corrected chi connectivity index (χ2v) is 6.60. The van der Waals surface area contributed by atoms with Crippen LogP contribution in [0.2, 0.25) is 0 Å². The Kier molecular flexibility index (Phi) is 7.93. The van der Waals surface area contributed by atoms with Crippen molar-refractivity contribution in [1.82, 2.24) is 0 Å². The van der Waals surface area contributed by atoms with Crippen molar-refractivity contribution in [2.45, 2.75) is 57.5 Å². The van der Waals surface area contributed by atoms with Gasteiger partial charge in [-0.15, -0.1) is 9.24 Å². The van der Waals surface area contributed by atoms with Gasteiger partial charge in [-0.1, -0.05) is 19.9 Å². The lowest BCUT2D eigenvalue weighted by molar-refractivity contribution is 0.289. The van der Waals surface area contributed by atoms with Crippen LogP contribution >= 0.6 is 9.24 Å². The molecule has 0 aromatic rings. The molecule has 1 aliphatic rings. The maximum Gasteiger partial charge on any atom is 0.117 e. The lowest BCUT2D eigenvalue weighted by Gasteiger charge is -2.30. The Morgan fingerprint density at radius 1 is 1.45 bits per heavy atom. The van der Waals surface area contributed by atoms with Gasteiger partial charge in [0.2, 0.25) is 0 Å². The number of nitrogens with zero attached hydrogens (tertiary/aromatic N) is 1. The molecule has 1 fully saturated rings. The zero-order valence-electron chi connectivity index (χ0n) is 12.9. The zero-order chi connectivity index (χ0) is 15.0. The monoisotopic (exact) mass is 293 g/mol. The first-order chi connectivity index (χ1) is 9.65. The minimum absolute atomic E-state index is 0.240. The molecule has 0 bridgehead atoms. The Morgan fingerprint density at radius 2 is 2.20 bits per heavy atom. The molecule has 0 aromatic carbocycles. The Labute approximate surface area is 126 Å². The van der Waals surface area contributed by atoms with Crippen LogP contribution in [-0.4, -0.2) is 12.8 Å². The zero-order valence-corrected chi connectivity index (χ0v) is 14.1. The third-order valence-electron chi connectivity index (χ3n) is 4.33. The van der Waals surface area contributed by atoms with Gasteiger partial charge < -0.3 is 4.74 Å². The van der Waals surface area contributed by atoms with Gasteiger partial charge in [0, 0.05) is 0 Å². The van der Waals surface area contributed by atoms with E-state index in [2.05, 4.69) is 28.8 Å². The van der Waals surface area contributed by atoms with Gasteiger partial charge in [0.25, 0.3) is 0 Å². The van der Waals surface area contributed by atoms with Crippen molar-refractivity contribution in [3.63, 3.8) is 0 Å². The molecular formula is C17H28NOP. The molecule has 0 saturated heterocycles. The lowest BCUT2D eigenvalue weighted by Crippen LogP contribution is -2.24. The maximum atomic E-state index is 9.07. The molecule has 0 spiro atoms. The number of rotatable bonds is 7. The predicted octanol–water partition coefficient (Wildman–Crippen LogP) is 4.84. The number of hydrogen-bond acceptors (Lipinski definition) is 2. The van der Waals surface area contributed by atoms with E-state index in [1.807, 2.05) is 6.08 Å². The normalized spacial score (nSPS) is 27.4. The molecule has 1 rings (SSSR count). The fourth-order valence-electron chi connectivity index (χ4n) is 3.14. The molecule has 0 radical (unpaired) electrons. The summed E-state index contributed by atoms with van der Waals surface area (Å²) in [6.07, 6.45) is 9.78. The second kappa shape index (κ2) is 9.19. The Hall–Kier alpha value is -0.800. The van der Waals surface area contributed by atoms with Crippen LogP contribution in [0, 0.1) is 23.2 Å². The van der Waals surface area contributed by atoms with E-state index in [0.717, 1.165) is 37.4 Å². The van der Waals surface area contributed by atoms with Crippen molar-refractivity contribution >= 4 is 9.24 Å². The number of methoxy groups -OCH3 is 1. The molecule has 112 valence electrons. The molecule has 0 aliphatic heterocycles. The van der Waals surface area contributed by atoms with E-state index < -0.39 is 0 Å². The number of allylic oxidation sites excluding steroid dienone is 2. The van der Waals surface area contributed by atoms with Gasteiger partial charge >= 0.3 is 0 Å². The highest BCUT2D eigenvalue weighted by molar-refractivity contribution is 7.17. The highest BCUT2D eigenvalue weighted by Crippen LogP contribution is 2.36. The van der Waals surface area contributed by atoms with Gasteiger partial charge in [0.1, 0.15) is 5.76 Å². The molecule has 0 N–H and O–H groups in total. The van der Waals surface area contributed by atoms with Crippen molar-refractivity contribution < 1.29 is 4.74 Å². The first-order valence-electron chi connectivity index (χ1n) is 7.69. The summed E-state index contributed by atoms with van der Waals surface area (Å²) in [5, 5.41) is 9.07. The van der Waals surface area contributed by atoms with Crippen LogP contribution < -0.4 is 0 Å². The van der Waals surface area contributed by atoms with E-state index >= 15 is 0 Å². The highest BCUT2D eigenvalue weighted by atomic mass is 31.0. The average molecular weight is 293 g/mol. The second-order valence-electron chi connectivity index (χ2n) is 5.74. The first kappa shape index (κ1) is 17.3. The maximum absolute atomic E-state index is 9.07. The summed E-state index contributed by atoms with van der Waals surface area (Å²) in [7, 11) is 4.60. The molecular weight excluding hydrogens is 265 g/mol. The molecule has 1 saturated carbocycles. The SMILES string of the molecule is C=C/C(OC)=C(/CCC)CCC1CCC(C#N)C(P)C1. The lowest BCUT2D eigenvalue weighted by atomic mass is 9.79. The summed E-state index contributed by atoms with van der Waals surface area (Å²) >= 11 is 0. The fourth-order valence-corrected chi connectivity index (χ4v) is 3.81. The van der Waals surface area contributed by atoms with Crippen LogP contribution in [0.4, 0.5) is 0 Å². The third kappa shape index (κ3) is 4.95. The van der Waals surface area contributed by atoms with E-state index in [4.69, 9.17) is 10.00 Å². The minimum Gasteiger partial charge on any atom is -0.497 e. The molecule has 0 amide bonds. The summed E-state index contributed by atoms with van der Waals surface area (Å²) in [5.41, 5.74) is 1.87. The van der Waals surface area contributed by atoms with Crippen LogP contribution in [0.15, 0.2) is 24.0 Å².